The van der Waals surface area contributed by atoms with Crippen molar-refractivity contribution in [1.82, 2.24) is 4.90 Å². The number of nitrogens with zero attached hydrogens (tertiary/aromatic N) is 1. The van der Waals surface area contributed by atoms with Gasteiger partial charge in [-0.3, -0.25) is 4.90 Å². The fourth-order valence-electron chi connectivity index (χ4n) is 1.88. The SMILES string of the molecule is CC(CN(C)C(C)(C)CO)C(O)c1ccccc1. The largest absolute Gasteiger partial charge is 0.394 e. The van der Waals surface area contributed by atoms with Crippen molar-refractivity contribution in [1.29, 1.82) is 0 Å². The predicted octanol–water partition coefficient (Wildman–Crippen LogP) is 2.06. The van der Waals surface area contributed by atoms with Crippen molar-refractivity contribution in [3.8, 4) is 0 Å². The molecule has 0 aliphatic rings. The average molecular weight is 251 g/mol. The smallest absolute Gasteiger partial charge is 0.0827 e. The molecule has 0 saturated carbocycles. The highest BCUT2D eigenvalue weighted by Gasteiger charge is 2.26. The Balaban J connectivity index is 2.63. The molecule has 0 amide bonds. The van der Waals surface area contributed by atoms with Gasteiger partial charge in [0.2, 0.25) is 0 Å². The van der Waals surface area contributed by atoms with Crippen molar-refractivity contribution >= 4 is 0 Å². The van der Waals surface area contributed by atoms with E-state index in [1.54, 1.807) is 0 Å². The highest BCUT2D eigenvalue weighted by Crippen LogP contribution is 2.24. The molecule has 2 N–H and O–H groups in total. The summed E-state index contributed by atoms with van der Waals surface area (Å²) >= 11 is 0. The molecule has 2 unspecified atom stereocenters. The molecule has 0 bridgehead atoms. The molecule has 102 valence electrons. The summed E-state index contributed by atoms with van der Waals surface area (Å²) in [6.45, 7) is 6.87. The third kappa shape index (κ3) is 3.80. The van der Waals surface area contributed by atoms with E-state index in [-0.39, 0.29) is 18.1 Å². The normalized spacial score (nSPS) is 15.7. The second-order valence-electron chi connectivity index (χ2n) is 5.68. The third-order valence-electron chi connectivity index (χ3n) is 3.66. The van der Waals surface area contributed by atoms with E-state index in [0.717, 1.165) is 12.1 Å². The number of rotatable bonds is 6. The molecular formula is C15H25NO2. The van der Waals surface area contributed by atoms with Crippen LogP contribution in [-0.4, -0.2) is 40.9 Å². The lowest BCUT2D eigenvalue weighted by molar-refractivity contribution is 0.0352. The molecule has 1 aromatic rings. The topological polar surface area (TPSA) is 43.7 Å². The Morgan fingerprint density at radius 1 is 1.22 bits per heavy atom. The first-order chi connectivity index (χ1) is 8.38. The average Bonchev–Trinajstić information content (AvgIpc) is 2.38. The van der Waals surface area contributed by atoms with Crippen LogP contribution in [0.3, 0.4) is 0 Å². The van der Waals surface area contributed by atoms with Gasteiger partial charge in [-0.2, -0.15) is 0 Å². The van der Waals surface area contributed by atoms with Crippen LogP contribution in [0.1, 0.15) is 32.4 Å². The summed E-state index contributed by atoms with van der Waals surface area (Å²) in [5, 5.41) is 19.6. The molecule has 0 heterocycles. The maximum absolute atomic E-state index is 10.3. The minimum Gasteiger partial charge on any atom is -0.394 e. The Morgan fingerprint density at radius 2 is 1.78 bits per heavy atom. The number of hydrogen-bond donors (Lipinski definition) is 2. The lowest BCUT2D eigenvalue weighted by Gasteiger charge is -2.36. The molecular weight excluding hydrogens is 226 g/mol. The monoisotopic (exact) mass is 251 g/mol. The maximum atomic E-state index is 10.3. The van der Waals surface area contributed by atoms with Crippen molar-refractivity contribution in [2.45, 2.75) is 32.4 Å². The zero-order chi connectivity index (χ0) is 13.8. The van der Waals surface area contributed by atoms with E-state index in [1.807, 2.05) is 58.2 Å². The molecule has 2 atom stereocenters. The summed E-state index contributed by atoms with van der Waals surface area (Å²) in [5.74, 6) is 0.114. The Morgan fingerprint density at radius 3 is 2.28 bits per heavy atom. The molecule has 0 fully saturated rings. The summed E-state index contributed by atoms with van der Waals surface area (Å²) < 4.78 is 0. The van der Waals surface area contributed by atoms with Crippen LogP contribution in [0.25, 0.3) is 0 Å². The van der Waals surface area contributed by atoms with Gasteiger partial charge in [0.15, 0.2) is 0 Å². The van der Waals surface area contributed by atoms with Crippen molar-refractivity contribution < 1.29 is 10.2 Å². The van der Waals surface area contributed by atoms with Gasteiger partial charge in [0, 0.05) is 12.1 Å². The standard InChI is InChI=1S/C15H25NO2/c1-12(10-16(4)15(2,3)11-17)14(18)13-8-6-5-7-9-13/h5-9,12,14,17-18H,10-11H2,1-4H3. The van der Waals surface area contributed by atoms with Gasteiger partial charge in [-0.25, -0.2) is 0 Å². The van der Waals surface area contributed by atoms with Gasteiger partial charge < -0.3 is 10.2 Å². The molecule has 3 heteroatoms. The summed E-state index contributed by atoms with van der Waals surface area (Å²) in [6, 6.07) is 9.71. The minimum absolute atomic E-state index is 0.109. The fraction of sp³-hybridized carbons (Fsp3) is 0.600. The highest BCUT2D eigenvalue weighted by atomic mass is 16.3. The van der Waals surface area contributed by atoms with E-state index in [1.165, 1.54) is 0 Å². The zero-order valence-corrected chi connectivity index (χ0v) is 11.8. The van der Waals surface area contributed by atoms with Crippen LogP contribution in [0.5, 0.6) is 0 Å². The molecule has 0 radical (unpaired) electrons. The molecule has 0 aromatic heterocycles. The third-order valence-corrected chi connectivity index (χ3v) is 3.66. The summed E-state index contributed by atoms with van der Waals surface area (Å²) in [4.78, 5) is 2.09. The van der Waals surface area contributed by atoms with E-state index < -0.39 is 6.10 Å². The first kappa shape index (κ1) is 15.2. The number of likely N-dealkylation sites (N-methyl/N-ethyl adjacent to an activating group) is 1. The van der Waals surface area contributed by atoms with Crippen molar-refractivity contribution in [3.05, 3.63) is 35.9 Å². The molecule has 0 saturated heterocycles. The van der Waals surface area contributed by atoms with Gasteiger partial charge in [-0.1, -0.05) is 37.3 Å². The molecule has 0 spiro atoms. The number of hydrogen-bond acceptors (Lipinski definition) is 3. The van der Waals surface area contributed by atoms with Gasteiger partial charge in [0.05, 0.1) is 12.7 Å². The minimum atomic E-state index is -0.469. The van der Waals surface area contributed by atoms with Gasteiger partial charge in [0.1, 0.15) is 0 Å². The number of benzene rings is 1. The first-order valence-electron chi connectivity index (χ1n) is 6.43. The summed E-state index contributed by atoms with van der Waals surface area (Å²) in [7, 11) is 1.98. The molecule has 1 aromatic carbocycles. The summed E-state index contributed by atoms with van der Waals surface area (Å²) in [6.07, 6.45) is -0.469. The van der Waals surface area contributed by atoms with E-state index in [9.17, 15) is 10.2 Å². The first-order valence-corrected chi connectivity index (χ1v) is 6.43. The van der Waals surface area contributed by atoms with E-state index in [2.05, 4.69) is 4.90 Å². The van der Waals surface area contributed by atoms with Crippen LogP contribution in [0, 0.1) is 5.92 Å². The Labute approximate surface area is 110 Å². The quantitative estimate of drug-likeness (QED) is 0.813. The molecule has 3 nitrogen and oxygen atoms in total. The maximum Gasteiger partial charge on any atom is 0.0827 e. The fourth-order valence-corrected chi connectivity index (χ4v) is 1.88. The number of aliphatic hydroxyl groups excluding tert-OH is 2. The second kappa shape index (κ2) is 6.32. The van der Waals surface area contributed by atoms with Gasteiger partial charge in [0.25, 0.3) is 0 Å². The molecule has 0 aliphatic heterocycles. The Kier molecular flexibility index (Phi) is 5.32. The lowest BCUT2D eigenvalue weighted by atomic mass is 9.95. The Hall–Kier alpha value is -0.900. The van der Waals surface area contributed by atoms with Gasteiger partial charge >= 0.3 is 0 Å². The summed E-state index contributed by atoms with van der Waals surface area (Å²) in [5.41, 5.74) is 0.685. The zero-order valence-electron chi connectivity index (χ0n) is 11.8. The van der Waals surface area contributed by atoms with Crippen LogP contribution in [0.15, 0.2) is 30.3 Å². The van der Waals surface area contributed by atoms with Crippen molar-refractivity contribution in [3.63, 3.8) is 0 Å². The second-order valence-corrected chi connectivity index (χ2v) is 5.68. The van der Waals surface area contributed by atoms with Crippen molar-refractivity contribution in [2.24, 2.45) is 5.92 Å². The van der Waals surface area contributed by atoms with Crippen LogP contribution in [0.2, 0.25) is 0 Å². The Bertz CT molecular complexity index is 351. The van der Waals surface area contributed by atoms with Gasteiger partial charge in [-0.05, 0) is 32.4 Å². The van der Waals surface area contributed by atoms with Crippen LogP contribution in [-0.2, 0) is 0 Å². The van der Waals surface area contributed by atoms with Gasteiger partial charge in [-0.15, -0.1) is 0 Å². The molecule has 18 heavy (non-hydrogen) atoms. The predicted molar refractivity (Wildman–Crippen MR) is 74.4 cm³/mol. The van der Waals surface area contributed by atoms with E-state index >= 15 is 0 Å². The molecule has 0 aliphatic carbocycles. The van der Waals surface area contributed by atoms with Crippen molar-refractivity contribution in [2.75, 3.05) is 20.2 Å². The van der Waals surface area contributed by atoms with Crippen LogP contribution < -0.4 is 0 Å². The van der Waals surface area contributed by atoms with Crippen LogP contribution >= 0.6 is 0 Å². The number of aliphatic hydroxyl groups is 2. The van der Waals surface area contributed by atoms with E-state index in [4.69, 9.17) is 0 Å². The molecule has 1 rings (SSSR count). The van der Waals surface area contributed by atoms with Crippen LogP contribution in [0.4, 0.5) is 0 Å². The lowest BCUT2D eigenvalue weighted by Crippen LogP contribution is -2.46. The highest BCUT2D eigenvalue weighted by molar-refractivity contribution is 5.17. The van der Waals surface area contributed by atoms with E-state index in [0.29, 0.717) is 0 Å².